The van der Waals surface area contributed by atoms with Crippen LogP contribution in [0.15, 0.2) is 45.5 Å². The van der Waals surface area contributed by atoms with E-state index in [9.17, 15) is 5.11 Å². The van der Waals surface area contributed by atoms with Crippen molar-refractivity contribution in [3.05, 3.63) is 52.4 Å². The third-order valence-corrected chi connectivity index (χ3v) is 3.06. The number of halogens is 1. The van der Waals surface area contributed by atoms with Crippen molar-refractivity contribution in [1.29, 1.82) is 0 Å². The van der Waals surface area contributed by atoms with Crippen LogP contribution in [0.3, 0.4) is 0 Å². The smallest absolute Gasteiger partial charge is 0.150 e. The van der Waals surface area contributed by atoms with E-state index in [1.807, 2.05) is 31.2 Å². The van der Waals surface area contributed by atoms with Crippen molar-refractivity contribution in [1.82, 2.24) is 0 Å². The lowest BCUT2D eigenvalue weighted by Crippen LogP contribution is -1.99. The highest BCUT2D eigenvalue weighted by Gasteiger charge is 2.16. The average Bonchev–Trinajstić information content (AvgIpc) is 2.76. The molecule has 0 aliphatic rings. The highest BCUT2D eigenvalue weighted by atomic mass is 79.9. The molecule has 0 saturated heterocycles. The van der Waals surface area contributed by atoms with Gasteiger partial charge in [0.05, 0.1) is 17.3 Å². The third-order valence-electron chi connectivity index (χ3n) is 2.40. The molecule has 2 aromatic rings. The summed E-state index contributed by atoms with van der Waals surface area (Å²) in [6.45, 7) is 2.56. The van der Waals surface area contributed by atoms with E-state index < -0.39 is 6.10 Å². The molecule has 90 valence electrons. The topological polar surface area (TPSA) is 42.6 Å². The first-order valence-corrected chi connectivity index (χ1v) is 6.15. The van der Waals surface area contributed by atoms with Crippen LogP contribution in [0, 0.1) is 0 Å². The molecular weight excluding hydrogens is 284 g/mol. The Hall–Kier alpha value is -1.26. The van der Waals surface area contributed by atoms with E-state index in [-0.39, 0.29) is 0 Å². The first kappa shape index (κ1) is 12.2. The summed E-state index contributed by atoms with van der Waals surface area (Å²) in [6.07, 6.45) is 0.770. The number of hydrogen-bond donors (Lipinski definition) is 1. The molecule has 0 fully saturated rings. The minimum atomic E-state index is -0.768. The van der Waals surface area contributed by atoms with Gasteiger partial charge in [0.2, 0.25) is 0 Å². The van der Waals surface area contributed by atoms with Crippen LogP contribution in [0.5, 0.6) is 5.75 Å². The highest BCUT2D eigenvalue weighted by molar-refractivity contribution is 9.10. The largest absolute Gasteiger partial charge is 0.494 e. The maximum absolute atomic E-state index is 10.1. The number of hydrogen-bond acceptors (Lipinski definition) is 3. The summed E-state index contributed by atoms with van der Waals surface area (Å²) >= 11 is 3.33. The molecule has 1 heterocycles. The fourth-order valence-electron chi connectivity index (χ4n) is 1.56. The quantitative estimate of drug-likeness (QED) is 0.939. The Morgan fingerprint density at radius 2 is 2.00 bits per heavy atom. The van der Waals surface area contributed by atoms with Gasteiger partial charge in [-0.25, -0.2) is 0 Å². The lowest BCUT2D eigenvalue weighted by atomic mass is 10.1. The molecule has 4 heteroatoms. The van der Waals surface area contributed by atoms with E-state index in [2.05, 4.69) is 15.9 Å². The van der Waals surface area contributed by atoms with Crippen LogP contribution in [0.1, 0.15) is 24.4 Å². The number of rotatable bonds is 4. The summed E-state index contributed by atoms with van der Waals surface area (Å²) in [5, 5.41) is 10.1. The number of benzene rings is 1. The van der Waals surface area contributed by atoms with Crippen LogP contribution in [-0.4, -0.2) is 11.7 Å². The van der Waals surface area contributed by atoms with Crippen LogP contribution < -0.4 is 4.74 Å². The van der Waals surface area contributed by atoms with E-state index >= 15 is 0 Å². The summed E-state index contributed by atoms with van der Waals surface area (Å²) in [4.78, 5) is 0. The van der Waals surface area contributed by atoms with Crippen molar-refractivity contribution in [2.75, 3.05) is 6.61 Å². The number of furan rings is 1. The summed E-state index contributed by atoms with van der Waals surface area (Å²) in [5.41, 5.74) is 0.768. The van der Waals surface area contributed by atoms with E-state index in [1.165, 1.54) is 6.26 Å². The zero-order valence-corrected chi connectivity index (χ0v) is 11.0. The molecule has 0 spiro atoms. The highest BCUT2D eigenvalue weighted by Crippen LogP contribution is 2.30. The summed E-state index contributed by atoms with van der Waals surface area (Å²) < 4.78 is 11.3. The van der Waals surface area contributed by atoms with Gasteiger partial charge in [-0.2, -0.15) is 0 Å². The Balaban J connectivity index is 2.20. The van der Waals surface area contributed by atoms with Gasteiger partial charge in [0.15, 0.2) is 5.76 Å². The molecule has 0 amide bonds. The molecule has 0 saturated carbocycles. The first-order chi connectivity index (χ1) is 8.22. The molecule has 1 aromatic heterocycles. The number of aliphatic hydroxyl groups is 1. The molecule has 0 bridgehead atoms. The summed E-state index contributed by atoms with van der Waals surface area (Å²) in [5.74, 6) is 1.30. The van der Waals surface area contributed by atoms with Crippen LogP contribution >= 0.6 is 15.9 Å². The Bertz CT molecular complexity index is 476. The van der Waals surface area contributed by atoms with Crippen LogP contribution in [-0.2, 0) is 0 Å². The normalized spacial score (nSPS) is 12.4. The van der Waals surface area contributed by atoms with Gasteiger partial charge in [-0.1, -0.05) is 12.1 Å². The monoisotopic (exact) mass is 296 g/mol. The fourth-order valence-corrected chi connectivity index (χ4v) is 1.98. The van der Waals surface area contributed by atoms with Gasteiger partial charge in [0.25, 0.3) is 0 Å². The minimum Gasteiger partial charge on any atom is -0.494 e. The van der Waals surface area contributed by atoms with Crippen LogP contribution in [0.2, 0.25) is 0 Å². The van der Waals surface area contributed by atoms with Gasteiger partial charge in [-0.3, -0.25) is 0 Å². The summed E-state index contributed by atoms with van der Waals surface area (Å²) in [7, 11) is 0. The van der Waals surface area contributed by atoms with Crippen molar-refractivity contribution in [3.63, 3.8) is 0 Å². The Labute approximate surface area is 108 Å². The molecule has 3 nitrogen and oxygen atoms in total. The van der Waals surface area contributed by atoms with Crippen molar-refractivity contribution in [2.45, 2.75) is 13.0 Å². The van der Waals surface area contributed by atoms with Crippen molar-refractivity contribution in [2.24, 2.45) is 0 Å². The second-order valence-corrected chi connectivity index (χ2v) is 4.39. The zero-order chi connectivity index (χ0) is 12.3. The standard InChI is InChI=1S/C13H13BrO3/c1-2-16-10-5-3-9(4-6-10)12(15)13-11(14)7-8-17-13/h3-8,12,15H,2H2,1H3. The third kappa shape index (κ3) is 2.70. The van der Waals surface area contributed by atoms with Gasteiger partial charge in [-0.15, -0.1) is 0 Å². The summed E-state index contributed by atoms with van der Waals surface area (Å²) in [6, 6.07) is 9.07. The van der Waals surface area contributed by atoms with Gasteiger partial charge < -0.3 is 14.3 Å². The SMILES string of the molecule is CCOc1ccc(C(O)c2occc2Br)cc1. The van der Waals surface area contributed by atoms with E-state index in [0.29, 0.717) is 12.4 Å². The zero-order valence-electron chi connectivity index (χ0n) is 9.39. The molecule has 2 rings (SSSR count). The molecule has 17 heavy (non-hydrogen) atoms. The predicted octanol–water partition coefficient (Wildman–Crippen LogP) is 3.52. The van der Waals surface area contributed by atoms with E-state index in [4.69, 9.17) is 9.15 Å². The Morgan fingerprint density at radius 3 is 2.53 bits per heavy atom. The second-order valence-electron chi connectivity index (χ2n) is 3.54. The Morgan fingerprint density at radius 1 is 1.29 bits per heavy atom. The Kier molecular flexibility index (Phi) is 3.86. The molecule has 1 N–H and O–H groups in total. The number of aliphatic hydroxyl groups excluding tert-OH is 1. The van der Waals surface area contributed by atoms with Gasteiger partial charge >= 0.3 is 0 Å². The maximum atomic E-state index is 10.1. The van der Waals surface area contributed by atoms with Gasteiger partial charge in [0, 0.05) is 0 Å². The van der Waals surface area contributed by atoms with Crippen molar-refractivity contribution < 1.29 is 14.3 Å². The molecule has 0 radical (unpaired) electrons. The molecule has 0 aliphatic heterocycles. The lowest BCUT2D eigenvalue weighted by Gasteiger charge is -2.10. The first-order valence-electron chi connectivity index (χ1n) is 5.36. The van der Waals surface area contributed by atoms with E-state index in [0.717, 1.165) is 15.8 Å². The van der Waals surface area contributed by atoms with Crippen molar-refractivity contribution in [3.8, 4) is 5.75 Å². The molecule has 0 aliphatic carbocycles. The van der Waals surface area contributed by atoms with Crippen LogP contribution in [0.25, 0.3) is 0 Å². The minimum absolute atomic E-state index is 0.508. The van der Waals surface area contributed by atoms with E-state index in [1.54, 1.807) is 6.07 Å². The van der Waals surface area contributed by atoms with Gasteiger partial charge in [0.1, 0.15) is 11.9 Å². The molecule has 1 atom stereocenters. The maximum Gasteiger partial charge on any atom is 0.150 e. The average molecular weight is 297 g/mol. The molecule has 1 aromatic carbocycles. The van der Waals surface area contributed by atoms with Crippen LogP contribution in [0.4, 0.5) is 0 Å². The lowest BCUT2D eigenvalue weighted by molar-refractivity contribution is 0.188. The van der Waals surface area contributed by atoms with Crippen molar-refractivity contribution >= 4 is 15.9 Å². The second kappa shape index (κ2) is 5.38. The fraction of sp³-hybridized carbons (Fsp3) is 0.231. The number of ether oxygens (including phenoxy) is 1. The van der Waals surface area contributed by atoms with Gasteiger partial charge in [-0.05, 0) is 46.6 Å². The molecule has 1 unspecified atom stereocenters. The molecular formula is C13H13BrO3. The predicted molar refractivity (Wildman–Crippen MR) is 68.1 cm³/mol.